The van der Waals surface area contributed by atoms with Gasteiger partial charge in [-0.05, 0) is 40.2 Å². The van der Waals surface area contributed by atoms with E-state index in [0.29, 0.717) is 19.4 Å². The number of imide groups is 2. The Kier molecular flexibility index (Phi) is 6.53. The number of rotatable bonds is 5. The van der Waals surface area contributed by atoms with Crippen LogP contribution in [0, 0.1) is 22.5 Å². The number of hydrogen-bond acceptors (Lipinski definition) is 6. The largest absolute Gasteiger partial charge is 0.479 e. The third-order valence-corrected chi connectivity index (χ3v) is 5.08. The van der Waals surface area contributed by atoms with Crippen LogP contribution in [-0.4, -0.2) is 29.4 Å². The zero-order chi connectivity index (χ0) is 22.7. The Labute approximate surface area is 192 Å². The molecule has 4 amide bonds. The molecule has 0 bridgehead atoms. The van der Waals surface area contributed by atoms with Crippen molar-refractivity contribution in [2.24, 2.45) is 0 Å². The monoisotopic (exact) mass is 547 g/mol. The van der Waals surface area contributed by atoms with Crippen LogP contribution in [0.5, 0.6) is 5.75 Å². The topological polar surface area (TPSA) is 119 Å². The van der Waals surface area contributed by atoms with Crippen LogP contribution in [0.1, 0.15) is 5.56 Å². The van der Waals surface area contributed by atoms with E-state index in [1.165, 1.54) is 24.3 Å². The number of ether oxygens (including phenoxy) is 1. The van der Waals surface area contributed by atoms with Crippen molar-refractivity contribution in [2.75, 3.05) is 11.5 Å². The predicted octanol–water partition coefficient (Wildman–Crippen LogP) is 3.80. The van der Waals surface area contributed by atoms with Crippen LogP contribution in [-0.2, 0) is 9.59 Å². The lowest BCUT2D eigenvalue weighted by Gasteiger charge is -2.26. The molecule has 1 saturated heterocycles. The van der Waals surface area contributed by atoms with Gasteiger partial charge in [0.15, 0.2) is 0 Å². The Bertz CT molecular complexity index is 1200. The van der Waals surface area contributed by atoms with Gasteiger partial charge < -0.3 is 4.74 Å². The molecule has 2 aromatic rings. The molecule has 0 spiro atoms. The van der Waals surface area contributed by atoms with E-state index in [1.54, 1.807) is 12.1 Å². The second-order valence-electron chi connectivity index (χ2n) is 6.03. The van der Waals surface area contributed by atoms with Crippen molar-refractivity contribution in [3.05, 3.63) is 66.6 Å². The zero-order valence-corrected chi connectivity index (χ0v) is 18.6. The predicted molar refractivity (Wildman–Crippen MR) is 118 cm³/mol. The third kappa shape index (κ3) is 4.65. The van der Waals surface area contributed by atoms with Gasteiger partial charge in [0.1, 0.15) is 17.9 Å². The summed E-state index contributed by atoms with van der Waals surface area (Å²) in [7, 11) is 0. The second-order valence-corrected chi connectivity index (χ2v) is 7.80. The van der Waals surface area contributed by atoms with Crippen molar-refractivity contribution in [3.63, 3.8) is 0 Å². The average molecular weight is 549 g/mol. The first-order valence-electron chi connectivity index (χ1n) is 8.44. The van der Waals surface area contributed by atoms with E-state index in [-0.39, 0.29) is 29.3 Å². The minimum absolute atomic E-state index is 0.0607. The Morgan fingerprint density at radius 1 is 1.23 bits per heavy atom. The van der Waals surface area contributed by atoms with Crippen LogP contribution in [0.3, 0.4) is 0 Å². The van der Waals surface area contributed by atoms with Crippen LogP contribution in [0.15, 0.2) is 50.9 Å². The molecule has 156 valence electrons. The first-order chi connectivity index (χ1) is 14.7. The second kappa shape index (κ2) is 9.11. The smallest absolute Gasteiger partial charge is 0.335 e. The van der Waals surface area contributed by atoms with E-state index in [2.05, 4.69) is 43.1 Å². The van der Waals surface area contributed by atoms with Gasteiger partial charge in [0.05, 0.1) is 15.1 Å². The highest BCUT2D eigenvalue weighted by Gasteiger charge is 2.37. The first-order valence-corrected chi connectivity index (χ1v) is 10.0. The van der Waals surface area contributed by atoms with Crippen LogP contribution in [0.4, 0.5) is 16.2 Å². The molecule has 1 aliphatic rings. The van der Waals surface area contributed by atoms with Gasteiger partial charge in [0.25, 0.3) is 17.5 Å². The molecule has 31 heavy (non-hydrogen) atoms. The summed E-state index contributed by atoms with van der Waals surface area (Å²) in [6.45, 7) is -0.0607. The van der Waals surface area contributed by atoms with Gasteiger partial charge in [-0.3, -0.25) is 25.0 Å². The van der Waals surface area contributed by atoms with Crippen molar-refractivity contribution in [1.82, 2.24) is 5.32 Å². The van der Waals surface area contributed by atoms with E-state index >= 15 is 0 Å². The summed E-state index contributed by atoms with van der Waals surface area (Å²) < 4.78 is 6.65. The number of carbonyl (C=O) groups excluding carboxylic acids is 3. The Morgan fingerprint density at radius 3 is 2.65 bits per heavy atom. The van der Waals surface area contributed by atoms with Crippen LogP contribution in [0.2, 0.25) is 0 Å². The van der Waals surface area contributed by atoms with Gasteiger partial charge in [-0.1, -0.05) is 27.9 Å². The minimum Gasteiger partial charge on any atom is -0.479 e. The summed E-state index contributed by atoms with van der Waals surface area (Å²) in [5, 5.41) is 13.1. The number of halogens is 2. The summed E-state index contributed by atoms with van der Waals surface area (Å²) in [5.41, 5.74) is -0.416. The molecule has 9 nitrogen and oxygen atoms in total. The molecule has 0 saturated carbocycles. The Morgan fingerprint density at radius 2 is 1.97 bits per heavy atom. The number of non-ortho nitro benzene ring substituents is 1. The van der Waals surface area contributed by atoms with E-state index < -0.39 is 22.8 Å². The van der Waals surface area contributed by atoms with Crippen molar-refractivity contribution >= 4 is 67.2 Å². The molecule has 1 heterocycles. The van der Waals surface area contributed by atoms with Crippen molar-refractivity contribution in [2.45, 2.75) is 0 Å². The number of urea groups is 1. The number of terminal acetylenes is 1. The number of nitrogens with one attached hydrogen (secondary N) is 1. The number of hydrogen-bond donors (Lipinski definition) is 1. The van der Waals surface area contributed by atoms with E-state index in [1.807, 2.05) is 0 Å². The van der Waals surface area contributed by atoms with Gasteiger partial charge >= 0.3 is 6.03 Å². The summed E-state index contributed by atoms with van der Waals surface area (Å²) in [4.78, 5) is 48.8. The number of nitrogens with zero attached hydrogens (tertiary/aromatic N) is 2. The number of nitro benzene ring substituents is 1. The van der Waals surface area contributed by atoms with Gasteiger partial charge in [0.2, 0.25) is 0 Å². The molecular formula is C20H11Br2N3O6. The maximum atomic E-state index is 13.0. The number of amides is 4. The Hall–Kier alpha value is -3.49. The average Bonchev–Trinajstić information content (AvgIpc) is 2.70. The lowest BCUT2D eigenvalue weighted by atomic mass is 10.1. The van der Waals surface area contributed by atoms with Gasteiger partial charge in [-0.2, -0.15) is 0 Å². The fraction of sp³-hybridized carbons (Fsp3) is 0.0500. The lowest BCUT2D eigenvalue weighted by Crippen LogP contribution is -2.54. The van der Waals surface area contributed by atoms with E-state index in [9.17, 15) is 24.5 Å². The highest BCUT2D eigenvalue weighted by atomic mass is 79.9. The minimum atomic E-state index is -1.02. The number of benzene rings is 2. The molecule has 2 aromatic carbocycles. The summed E-state index contributed by atoms with van der Waals surface area (Å²) in [6, 6.07) is 7.20. The number of nitro groups is 1. The summed E-state index contributed by atoms with van der Waals surface area (Å²) >= 11 is 6.66. The van der Waals surface area contributed by atoms with Crippen LogP contribution >= 0.6 is 31.9 Å². The molecule has 1 fully saturated rings. The molecule has 1 N–H and O–H groups in total. The standard InChI is InChI=1S/C20H11Br2N3O6/c1-2-6-31-17-11(7-12(21)9-16(17)22)8-15-18(26)23-20(28)24(19(15)27)13-4-3-5-14(10-13)25(29)30/h1,3-5,7-10H,6H2,(H,23,26,28)/b15-8+. The quantitative estimate of drug-likeness (QED) is 0.199. The molecule has 11 heteroatoms. The molecule has 1 aliphatic heterocycles. The molecule has 3 rings (SSSR count). The van der Waals surface area contributed by atoms with Crippen molar-refractivity contribution < 1.29 is 24.0 Å². The number of barbiturate groups is 1. The van der Waals surface area contributed by atoms with Gasteiger partial charge in [-0.25, -0.2) is 9.69 Å². The van der Waals surface area contributed by atoms with Crippen LogP contribution in [0.25, 0.3) is 6.08 Å². The molecule has 0 atom stereocenters. The highest BCUT2D eigenvalue weighted by Crippen LogP contribution is 2.35. The number of carbonyl (C=O) groups is 3. The number of anilines is 1. The zero-order valence-electron chi connectivity index (χ0n) is 15.4. The molecular weight excluding hydrogens is 538 g/mol. The van der Waals surface area contributed by atoms with Gasteiger partial charge in [0, 0.05) is 22.2 Å². The molecule has 0 aromatic heterocycles. The SMILES string of the molecule is C#CCOc1c(Br)cc(Br)cc1/C=C1\C(=O)NC(=O)N(c2cccc([N+](=O)[O-])c2)C1=O. The fourth-order valence-corrected chi connectivity index (χ4v) is 4.12. The van der Waals surface area contributed by atoms with E-state index in [0.717, 1.165) is 6.07 Å². The maximum absolute atomic E-state index is 13.0. The summed E-state index contributed by atoms with van der Waals surface area (Å²) in [6.07, 6.45) is 6.49. The summed E-state index contributed by atoms with van der Waals surface area (Å²) in [5.74, 6) is 0.739. The normalized spacial score (nSPS) is 14.9. The highest BCUT2D eigenvalue weighted by molar-refractivity contribution is 9.11. The van der Waals surface area contributed by atoms with Crippen molar-refractivity contribution in [3.8, 4) is 18.1 Å². The van der Waals surface area contributed by atoms with E-state index in [4.69, 9.17) is 11.2 Å². The van der Waals surface area contributed by atoms with Crippen LogP contribution < -0.4 is 15.0 Å². The maximum Gasteiger partial charge on any atom is 0.335 e. The Balaban J connectivity index is 2.09. The fourth-order valence-electron chi connectivity index (χ4n) is 2.75. The van der Waals surface area contributed by atoms with Gasteiger partial charge in [-0.15, -0.1) is 6.42 Å². The molecule has 0 unspecified atom stereocenters. The lowest BCUT2D eigenvalue weighted by molar-refractivity contribution is -0.384. The molecule has 0 radical (unpaired) electrons. The first kappa shape index (κ1) is 22.2. The molecule has 0 aliphatic carbocycles. The van der Waals surface area contributed by atoms with Crippen molar-refractivity contribution in [1.29, 1.82) is 0 Å². The third-order valence-electron chi connectivity index (χ3n) is 4.04.